The van der Waals surface area contributed by atoms with E-state index in [-0.39, 0.29) is 0 Å². The average Bonchev–Trinajstić information content (AvgIpc) is 3.17. The Labute approximate surface area is 189 Å². The van der Waals surface area contributed by atoms with Crippen molar-refractivity contribution in [1.29, 1.82) is 0 Å². The fourth-order valence-corrected chi connectivity index (χ4v) is 3.52. The molecule has 162 valence electrons. The predicted molar refractivity (Wildman–Crippen MR) is 128 cm³/mol. The molecule has 5 rings (SSSR count). The van der Waals surface area contributed by atoms with Gasteiger partial charge in [-0.2, -0.15) is 5.10 Å². The Morgan fingerprint density at radius 1 is 0.879 bits per heavy atom. The van der Waals surface area contributed by atoms with E-state index in [0.717, 1.165) is 22.2 Å². The summed E-state index contributed by atoms with van der Waals surface area (Å²) in [6, 6.07) is 24.0. The first-order valence-corrected chi connectivity index (χ1v) is 10.3. The summed E-state index contributed by atoms with van der Waals surface area (Å²) in [5.74, 6) is 0.763. The number of carbonyl (C=O) groups is 1. The van der Waals surface area contributed by atoms with Gasteiger partial charge in [0.25, 0.3) is 0 Å². The van der Waals surface area contributed by atoms with Gasteiger partial charge in [0.15, 0.2) is 17.3 Å². The molecule has 0 saturated carbocycles. The third-order valence-electron chi connectivity index (χ3n) is 5.10. The summed E-state index contributed by atoms with van der Waals surface area (Å²) in [7, 11) is 0. The summed E-state index contributed by atoms with van der Waals surface area (Å²) < 4.78 is 1.72. The van der Waals surface area contributed by atoms with E-state index in [1.165, 1.54) is 0 Å². The molecule has 0 aliphatic rings. The zero-order chi connectivity index (χ0) is 22.6. The first-order chi connectivity index (χ1) is 16.2. The third kappa shape index (κ3) is 4.33. The van der Waals surface area contributed by atoms with Gasteiger partial charge >= 0.3 is 6.03 Å². The lowest BCUT2D eigenvalue weighted by Crippen LogP contribution is -2.21. The number of urea groups is 1. The van der Waals surface area contributed by atoms with E-state index in [1.54, 1.807) is 16.9 Å². The molecule has 5 aromatic rings. The smallest absolute Gasteiger partial charge is 0.324 e. The lowest BCUT2D eigenvalue weighted by Gasteiger charge is -2.12. The minimum absolute atomic E-state index is 0.347. The molecule has 0 radical (unpaired) electrons. The van der Waals surface area contributed by atoms with Gasteiger partial charge in [-0.15, -0.1) is 10.2 Å². The minimum atomic E-state index is -0.424. The lowest BCUT2D eigenvalue weighted by molar-refractivity contribution is 0.262. The van der Waals surface area contributed by atoms with Gasteiger partial charge < -0.3 is 11.1 Å². The van der Waals surface area contributed by atoms with E-state index in [1.807, 2.05) is 72.8 Å². The molecular weight excluding hydrogens is 416 g/mol. The number of nitrogens with zero attached hydrogens (tertiary/aromatic N) is 5. The van der Waals surface area contributed by atoms with Crippen LogP contribution in [0.4, 0.5) is 22.1 Å². The fourth-order valence-electron chi connectivity index (χ4n) is 3.52. The summed E-state index contributed by atoms with van der Waals surface area (Å²) in [6.07, 6.45) is 1.70. The molecule has 0 aliphatic carbocycles. The van der Waals surface area contributed by atoms with Gasteiger partial charge in [0.05, 0.1) is 17.6 Å². The van der Waals surface area contributed by atoms with Gasteiger partial charge in [-0.3, -0.25) is 5.32 Å². The van der Waals surface area contributed by atoms with Crippen LogP contribution in [0.25, 0.3) is 22.3 Å². The van der Waals surface area contributed by atoms with Crippen LogP contribution in [0, 0.1) is 0 Å². The maximum absolute atomic E-state index is 12.6. The van der Waals surface area contributed by atoms with E-state index in [9.17, 15) is 4.79 Å². The number of carbonyl (C=O) groups excluding carboxylic acids is 1. The number of rotatable bonds is 5. The molecule has 3 heterocycles. The maximum Gasteiger partial charge on any atom is 0.324 e. The van der Waals surface area contributed by atoms with Crippen molar-refractivity contribution in [1.82, 2.24) is 25.0 Å². The summed E-state index contributed by atoms with van der Waals surface area (Å²) in [5.41, 5.74) is 9.88. The zero-order valence-electron chi connectivity index (χ0n) is 17.5. The quantitative estimate of drug-likeness (QED) is 0.380. The molecule has 0 atom stereocenters. The molecule has 0 aliphatic heterocycles. The summed E-state index contributed by atoms with van der Waals surface area (Å²) in [4.78, 5) is 17.0. The van der Waals surface area contributed by atoms with Crippen LogP contribution in [0.5, 0.6) is 0 Å². The van der Waals surface area contributed by atoms with Crippen LogP contribution >= 0.6 is 0 Å². The van der Waals surface area contributed by atoms with Crippen molar-refractivity contribution in [2.45, 2.75) is 6.54 Å². The van der Waals surface area contributed by atoms with Crippen LogP contribution in [0.3, 0.4) is 0 Å². The Morgan fingerprint density at radius 3 is 2.52 bits per heavy atom. The van der Waals surface area contributed by atoms with Gasteiger partial charge in [0.1, 0.15) is 0 Å². The molecule has 0 fully saturated rings. The molecular formula is C24H20N8O. The molecule has 0 saturated heterocycles. The second kappa shape index (κ2) is 8.75. The number of hydrogen-bond acceptors (Lipinski definition) is 6. The van der Waals surface area contributed by atoms with Crippen molar-refractivity contribution >= 4 is 34.4 Å². The van der Waals surface area contributed by atoms with Gasteiger partial charge in [-0.25, -0.2) is 14.5 Å². The number of aromatic nitrogens is 5. The van der Waals surface area contributed by atoms with Crippen molar-refractivity contribution in [2.24, 2.45) is 0 Å². The summed E-state index contributed by atoms with van der Waals surface area (Å²) >= 11 is 0. The summed E-state index contributed by atoms with van der Waals surface area (Å²) in [6.45, 7) is 0.396. The SMILES string of the molecule is Nc1nn(Cc2ccccc2NC(=O)Nc2ccc(-c3ccccc3)nn2)c2ncccc12. The maximum atomic E-state index is 12.6. The van der Waals surface area contributed by atoms with Crippen molar-refractivity contribution in [3.8, 4) is 11.3 Å². The molecule has 33 heavy (non-hydrogen) atoms. The second-order valence-corrected chi connectivity index (χ2v) is 7.32. The third-order valence-corrected chi connectivity index (χ3v) is 5.10. The molecule has 2 amide bonds. The van der Waals surface area contributed by atoms with E-state index < -0.39 is 6.03 Å². The minimum Gasteiger partial charge on any atom is -0.382 e. The van der Waals surface area contributed by atoms with Crippen molar-refractivity contribution in [3.05, 3.63) is 90.6 Å². The number of nitrogens with two attached hydrogens (primary N) is 1. The van der Waals surface area contributed by atoms with Crippen LogP contribution in [-0.4, -0.2) is 31.0 Å². The highest BCUT2D eigenvalue weighted by Crippen LogP contribution is 2.22. The predicted octanol–water partition coefficient (Wildman–Crippen LogP) is 4.16. The van der Waals surface area contributed by atoms with Crippen LogP contribution < -0.4 is 16.4 Å². The Hall–Kier alpha value is -4.79. The van der Waals surface area contributed by atoms with Crippen LogP contribution in [0.2, 0.25) is 0 Å². The van der Waals surface area contributed by atoms with Crippen molar-refractivity contribution in [3.63, 3.8) is 0 Å². The van der Waals surface area contributed by atoms with E-state index >= 15 is 0 Å². The number of hydrogen-bond donors (Lipinski definition) is 3. The number of amides is 2. The Morgan fingerprint density at radius 2 is 1.70 bits per heavy atom. The van der Waals surface area contributed by atoms with E-state index in [4.69, 9.17) is 5.73 Å². The number of para-hydroxylation sites is 1. The molecule has 4 N–H and O–H groups in total. The highest BCUT2D eigenvalue weighted by molar-refractivity contribution is 5.99. The Bertz CT molecular complexity index is 1410. The molecule has 0 bridgehead atoms. The number of benzene rings is 2. The van der Waals surface area contributed by atoms with Crippen LogP contribution in [0.15, 0.2) is 85.1 Å². The van der Waals surface area contributed by atoms with Crippen LogP contribution in [-0.2, 0) is 6.54 Å². The van der Waals surface area contributed by atoms with Gasteiger partial charge in [0.2, 0.25) is 0 Å². The average molecular weight is 436 g/mol. The van der Waals surface area contributed by atoms with Crippen molar-refractivity contribution in [2.75, 3.05) is 16.4 Å². The van der Waals surface area contributed by atoms with Crippen LogP contribution in [0.1, 0.15) is 5.56 Å². The highest BCUT2D eigenvalue weighted by Gasteiger charge is 2.13. The highest BCUT2D eigenvalue weighted by atomic mass is 16.2. The standard InChI is InChI=1S/C24H20N8O/c25-22-18-10-6-14-26-23(18)32(31-22)15-17-9-4-5-11-19(17)27-24(33)28-21-13-12-20(29-30-21)16-7-2-1-3-8-16/h1-14H,15H2,(H2,25,31)(H2,27,28,30,33). The number of nitrogen functional groups attached to an aromatic ring is 1. The first-order valence-electron chi connectivity index (χ1n) is 10.3. The number of pyridine rings is 1. The monoisotopic (exact) mass is 436 g/mol. The van der Waals surface area contributed by atoms with Gasteiger partial charge in [-0.05, 0) is 35.9 Å². The molecule has 2 aromatic carbocycles. The molecule has 9 nitrogen and oxygen atoms in total. The Balaban J connectivity index is 1.30. The largest absolute Gasteiger partial charge is 0.382 e. The Kier molecular flexibility index (Phi) is 5.34. The molecule has 0 unspecified atom stereocenters. The number of nitrogens with one attached hydrogen (secondary N) is 2. The topological polar surface area (TPSA) is 124 Å². The van der Waals surface area contributed by atoms with Gasteiger partial charge in [0, 0.05) is 17.4 Å². The summed E-state index contributed by atoms with van der Waals surface area (Å²) in [5, 5.41) is 19.1. The number of fused-ring (bicyclic) bond motifs is 1. The molecule has 0 spiro atoms. The van der Waals surface area contributed by atoms with E-state index in [0.29, 0.717) is 29.5 Å². The van der Waals surface area contributed by atoms with E-state index in [2.05, 4.69) is 30.9 Å². The zero-order valence-corrected chi connectivity index (χ0v) is 17.5. The fraction of sp³-hybridized carbons (Fsp3) is 0.0417. The van der Waals surface area contributed by atoms with Crippen molar-refractivity contribution < 1.29 is 4.79 Å². The normalized spacial score (nSPS) is 10.8. The first kappa shape index (κ1) is 20.1. The molecule has 3 aromatic heterocycles. The van der Waals surface area contributed by atoms with Gasteiger partial charge in [-0.1, -0.05) is 48.5 Å². The lowest BCUT2D eigenvalue weighted by atomic mass is 10.1. The molecule has 9 heteroatoms. The second-order valence-electron chi connectivity index (χ2n) is 7.32. The number of anilines is 3.